The molecule has 0 spiro atoms. The molecule has 11 heteroatoms. The van der Waals surface area contributed by atoms with Crippen molar-refractivity contribution in [2.24, 2.45) is 0 Å². The fourth-order valence-electron chi connectivity index (χ4n) is 2.15. The minimum Gasteiger partial charge on any atom is -0.444 e. The first kappa shape index (κ1) is 21.3. The van der Waals surface area contributed by atoms with E-state index in [-0.39, 0.29) is 0 Å². The third-order valence-electron chi connectivity index (χ3n) is 3.23. The van der Waals surface area contributed by atoms with Crippen LogP contribution < -0.4 is 11.0 Å². The Kier molecular flexibility index (Phi) is 6.58. The number of nitrogens with one attached hydrogen (secondary N) is 1. The number of aryl methyl sites for hydroxylation is 1. The minimum absolute atomic E-state index is 0.369. The standard InChI is InChI=1S/C16H19BrF2N4O3S/c1-9-21-22(15(25)23(9)12-5-11(17)8-27-12)7-10(13(18)19)6-20-14(24)26-16(2,3)4/h5,8H,6-7H2,1-4H3,(H,20,24). The number of aromatic nitrogens is 3. The molecule has 27 heavy (non-hydrogen) atoms. The summed E-state index contributed by atoms with van der Waals surface area (Å²) in [7, 11) is 0. The molecule has 1 amide bonds. The molecule has 7 nitrogen and oxygen atoms in total. The highest BCUT2D eigenvalue weighted by Crippen LogP contribution is 2.23. The Morgan fingerprint density at radius 1 is 1.41 bits per heavy atom. The number of rotatable bonds is 5. The van der Waals surface area contributed by atoms with E-state index in [0.29, 0.717) is 10.8 Å². The van der Waals surface area contributed by atoms with Gasteiger partial charge in [-0.25, -0.2) is 18.8 Å². The molecule has 2 heterocycles. The molecule has 0 radical (unpaired) electrons. The van der Waals surface area contributed by atoms with Crippen LogP contribution in [0.25, 0.3) is 5.00 Å². The fourth-order valence-corrected chi connectivity index (χ4v) is 3.61. The first-order valence-corrected chi connectivity index (χ1v) is 9.56. The second kappa shape index (κ2) is 8.34. The zero-order valence-electron chi connectivity index (χ0n) is 15.2. The lowest BCUT2D eigenvalue weighted by atomic mass is 10.2. The number of ether oxygens (including phenoxy) is 1. The van der Waals surface area contributed by atoms with Crippen molar-refractivity contribution in [1.82, 2.24) is 19.7 Å². The summed E-state index contributed by atoms with van der Waals surface area (Å²) in [5.41, 5.74) is -1.72. The van der Waals surface area contributed by atoms with Crippen molar-refractivity contribution in [3.05, 3.63) is 43.9 Å². The monoisotopic (exact) mass is 464 g/mol. The predicted molar refractivity (Wildman–Crippen MR) is 102 cm³/mol. The van der Waals surface area contributed by atoms with Gasteiger partial charge in [0.15, 0.2) is 0 Å². The van der Waals surface area contributed by atoms with Crippen LogP contribution in [0.5, 0.6) is 0 Å². The van der Waals surface area contributed by atoms with Gasteiger partial charge in [-0.05, 0) is 49.7 Å². The molecule has 0 bridgehead atoms. The molecule has 2 aromatic rings. The fraction of sp³-hybridized carbons (Fsp3) is 0.438. The van der Waals surface area contributed by atoms with Crippen LogP contribution in [0.1, 0.15) is 26.6 Å². The summed E-state index contributed by atoms with van der Waals surface area (Å²) >= 11 is 4.63. The average Bonchev–Trinajstić information content (AvgIpc) is 3.05. The summed E-state index contributed by atoms with van der Waals surface area (Å²) in [5, 5.41) is 8.74. The van der Waals surface area contributed by atoms with Gasteiger partial charge in [0.05, 0.1) is 6.54 Å². The van der Waals surface area contributed by atoms with Crippen LogP contribution in [-0.4, -0.2) is 32.6 Å². The number of hydrogen-bond donors (Lipinski definition) is 1. The number of halogens is 3. The van der Waals surface area contributed by atoms with Crippen molar-refractivity contribution in [2.75, 3.05) is 6.54 Å². The molecule has 0 atom stereocenters. The van der Waals surface area contributed by atoms with E-state index in [1.165, 1.54) is 15.9 Å². The van der Waals surface area contributed by atoms with Crippen molar-refractivity contribution in [3.8, 4) is 5.00 Å². The number of carbonyl (C=O) groups is 1. The van der Waals surface area contributed by atoms with Crippen LogP contribution in [0.2, 0.25) is 0 Å². The molecule has 148 valence electrons. The third kappa shape index (κ3) is 5.73. The number of amides is 1. The second-order valence-corrected chi connectivity index (χ2v) is 8.45. The van der Waals surface area contributed by atoms with E-state index in [2.05, 4.69) is 26.3 Å². The van der Waals surface area contributed by atoms with E-state index < -0.39 is 42.1 Å². The summed E-state index contributed by atoms with van der Waals surface area (Å²) in [6.07, 6.45) is -2.80. The van der Waals surface area contributed by atoms with Crippen LogP contribution in [0.15, 0.2) is 32.4 Å². The van der Waals surface area contributed by atoms with E-state index in [1.807, 2.05) is 0 Å². The van der Waals surface area contributed by atoms with Crippen LogP contribution in [0.3, 0.4) is 0 Å². The molecule has 0 aromatic carbocycles. The summed E-state index contributed by atoms with van der Waals surface area (Å²) in [5.74, 6) is 0.369. The molecule has 0 aliphatic heterocycles. The van der Waals surface area contributed by atoms with Gasteiger partial charge in [0.25, 0.3) is 6.08 Å². The average molecular weight is 465 g/mol. The largest absolute Gasteiger partial charge is 0.444 e. The van der Waals surface area contributed by atoms with E-state index in [0.717, 1.165) is 9.15 Å². The molecule has 2 rings (SSSR count). The SMILES string of the molecule is Cc1nn(CC(CNC(=O)OC(C)(C)C)=C(F)F)c(=O)n1-c1cc(Br)cs1. The molecule has 2 aromatic heterocycles. The lowest BCUT2D eigenvalue weighted by Gasteiger charge is -2.19. The normalized spacial score (nSPS) is 11.4. The Labute approximate surface area is 166 Å². The first-order valence-electron chi connectivity index (χ1n) is 7.88. The first-order chi connectivity index (χ1) is 12.5. The molecule has 0 aliphatic rings. The highest BCUT2D eigenvalue weighted by atomic mass is 79.9. The molecule has 0 saturated heterocycles. The van der Waals surface area contributed by atoms with Crippen molar-refractivity contribution in [3.63, 3.8) is 0 Å². The van der Waals surface area contributed by atoms with Gasteiger partial charge in [-0.15, -0.1) is 11.3 Å². The lowest BCUT2D eigenvalue weighted by molar-refractivity contribution is 0.0531. The maximum absolute atomic E-state index is 13.3. The van der Waals surface area contributed by atoms with Crippen molar-refractivity contribution < 1.29 is 18.3 Å². The van der Waals surface area contributed by atoms with Gasteiger partial charge in [-0.2, -0.15) is 13.9 Å². The van der Waals surface area contributed by atoms with Crippen LogP contribution >= 0.6 is 27.3 Å². The van der Waals surface area contributed by atoms with Crippen LogP contribution in [0, 0.1) is 6.92 Å². The predicted octanol–water partition coefficient (Wildman–Crippen LogP) is 3.84. The molecule has 0 unspecified atom stereocenters. The molecular formula is C16H19BrF2N4O3S. The zero-order valence-corrected chi connectivity index (χ0v) is 17.6. The van der Waals surface area contributed by atoms with Crippen molar-refractivity contribution in [1.29, 1.82) is 0 Å². The highest BCUT2D eigenvalue weighted by molar-refractivity contribution is 9.10. The summed E-state index contributed by atoms with van der Waals surface area (Å²) in [6, 6.07) is 1.74. The summed E-state index contributed by atoms with van der Waals surface area (Å²) < 4.78 is 34.6. The number of hydrogen-bond acceptors (Lipinski definition) is 5. The van der Waals surface area contributed by atoms with Gasteiger partial charge in [-0.3, -0.25) is 0 Å². The third-order valence-corrected chi connectivity index (χ3v) is 4.90. The van der Waals surface area contributed by atoms with E-state index >= 15 is 0 Å². The van der Waals surface area contributed by atoms with Gasteiger partial charge in [-0.1, -0.05) is 0 Å². The van der Waals surface area contributed by atoms with Crippen LogP contribution in [0.4, 0.5) is 13.6 Å². The molecule has 0 aliphatic carbocycles. The Morgan fingerprint density at radius 3 is 2.59 bits per heavy atom. The van der Waals surface area contributed by atoms with Gasteiger partial charge >= 0.3 is 11.8 Å². The van der Waals surface area contributed by atoms with Gasteiger partial charge in [0.1, 0.15) is 16.4 Å². The Hall–Kier alpha value is -2.01. The second-order valence-electron chi connectivity index (χ2n) is 6.65. The Bertz CT molecular complexity index is 923. The highest BCUT2D eigenvalue weighted by Gasteiger charge is 2.19. The molecular weight excluding hydrogens is 446 g/mol. The topological polar surface area (TPSA) is 78.2 Å². The van der Waals surface area contributed by atoms with E-state index in [9.17, 15) is 18.4 Å². The number of thiophene rings is 1. The van der Waals surface area contributed by atoms with Gasteiger partial charge in [0.2, 0.25) is 0 Å². The van der Waals surface area contributed by atoms with Gasteiger partial charge < -0.3 is 10.1 Å². The lowest BCUT2D eigenvalue weighted by Crippen LogP contribution is -2.34. The molecule has 1 N–H and O–H groups in total. The molecule has 0 fully saturated rings. The van der Waals surface area contributed by atoms with Gasteiger partial charge in [0, 0.05) is 22.0 Å². The quantitative estimate of drug-likeness (QED) is 0.728. The van der Waals surface area contributed by atoms with Crippen molar-refractivity contribution >= 4 is 33.4 Å². The van der Waals surface area contributed by atoms with Crippen molar-refractivity contribution in [2.45, 2.75) is 39.8 Å². The maximum atomic E-state index is 13.3. The summed E-state index contributed by atoms with van der Waals surface area (Å²) in [4.78, 5) is 24.2. The molecule has 0 saturated carbocycles. The van der Waals surface area contributed by atoms with E-state index in [4.69, 9.17) is 4.74 Å². The van der Waals surface area contributed by atoms with Crippen LogP contribution in [-0.2, 0) is 11.3 Å². The van der Waals surface area contributed by atoms with E-state index in [1.54, 1.807) is 39.1 Å². The maximum Gasteiger partial charge on any atom is 0.407 e. The Morgan fingerprint density at radius 2 is 2.07 bits per heavy atom. The number of nitrogens with zero attached hydrogens (tertiary/aromatic N) is 3. The number of carbonyl (C=O) groups excluding carboxylic acids is 1. The smallest absolute Gasteiger partial charge is 0.407 e. The zero-order chi connectivity index (χ0) is 20.4. The number of alkyl carbamates (subject to hydrolysis) is 1. The Balaban J connectivity index is 2.17. The minimum atomic E-state index is -1.98. The summed E-state index contributed by atoms with van der Waals surface area (Å²) in [6.45, 7) is 5.70.